The minimum absolute atomic E-state index is 0. The maximum Gasteiger partial charge on any atom is 0.199 e. The number of halogens is 1. The van der Waals surface area contributed by atoms with Gasteiger partial charge in [0.2, 0.25) is 0 Å². The Morgan fingerprint density at radius 3 is 2.48 bits per heavy atom. The quantitative estimate of drug-likeness (QED) is 0.699. The minimum atomic E-state index is 0. The molecule has 1 unspecified atom stereocenters. The Morgan fingerprint density at radius 2 is 1.86 bits per heavy atom. The fourth-order valence-corrected chi connectivity index (χ4v) is 3.33. The number of rotatable bonds is 2. The summed E-state index contributed by atoms with van der Waals surface area (Å²) < 4.78 is 2.49. The third-order valence-corrected chi connectivity index (χ3v) is 4.62. The van der Waals surface area contributed by atoms with Crippen LogP contribution in [0.25, 0.3) is 0 Å². The van der Waals surface area contributed by atoms with E-state index in [4.69, 9.17) is 0 Å². The van der Waals surface area contributed by atoms with Crippen molar-refractivity contribution in [3.05, 3.63) is 35.4 Å². The van der Waals surface area contributed by atoms with Crippen LogP contribution < -0.4 is 17.0 Å². The van der Waals surface area contributed by atoms with E-state index >= 15 is 0 Å². The van der Waals surface area contributed by atoms with Crippen molar-refractivity contribution in [2.24, 2.45) is 0 Å². The Kier molecular flexibility index (Phi) is 5.26. The zero-order valence-corrected chi connectivity index (χ0v) is 15.1. The third-order valence-electron chi connectivity index (χ3n) is 4.62. The molecular weight excluding hydrogens is 324 g/mol. The van der Waals surface area contributed by atoms with E-state index in [1.54, 1.807) is 0 Å². The first-order valence-electron chi connectivity index (χ1n) is 7.95. The maximum absolute atomic E-state index is 2.62. The van der Waals surface area contributed by atoms with Gasteiger partial charge in [-0.15, -0.1) is 0 Å². The third kappa shape index (κ3) is 3.95. The molecule has 1 aromatic carbocycles. The summed E-state index contributed by atoms with van der Waals surface area (Å²) in [7, 11) is 0. The fourth-order valence-electron chi connectivity index (χ4n) is 3.33. The fraction of sp³-hybridized carbons (Fsp3) is 0.611. The van der Waals surface area contributed by atoms with Crippen molar-refractivity contribution < 1.29 is 21.6 Å². The van der Waals surface area contributed by atoms with Crippen molar-refractivity contribution in [2.45, 2.75) is 58.0 Å². The van der Waals surface area contributed by atoms with E-state index in [9.17, 15) is 0 Å². The molecule has 2 heterocycles. The van der Waals surface area contributed by atoms with Crippen molar-refractivity contribution in [3.63, 3.8) is 0 Å². The number of nitrogens with zero attached hydrogens (tertiary/aromatic N) is 2. The molecule has 1 fully saturated rings. The zero-order chi connectivity index (χ0) is 14.2. The van der Waals surface area contributed by atoms with Gasteiger partial charge in [0, 0.05) is 12.1 Å². The van der Waals surface area contributed by atoms with Gasteiger partial charge in [-0.25, -0.2) is 9.48 Å². The number of hydrogen-bond donors (Lipinski definition) is 0. The largest absolute Gasteiger partial charge is 1.00 e. The van der Waals surface area contributed by atoms with Crippen molar-refractivity contribution in [1.82, 2.24) is 4.90 Å². The van der Waals surface area contributed by atoms with Crippen LogP contribution >= 0.6 is 0 Å². The molecular formula is C18H27BrN2. The molecule has 21 heavy (non-hydrogen) atoms. The lowest BCUT2D eigenvalue weighted by molar-refractivity contribution is -0.547. The SMILES string of the molecule is CC(C)(C)c1ccc(C[N+]2=CC3CCCCN3C2)cc1.[Br-]. The molecule has 3 heteroatoms. The number of benzene rings is 1. The summed E-state index contributed by atoms with van der Waals surface area (Å²) in [5, 5.41) is 0. The van der Waals surface area contributed by atoms with E-state index < -0.39 is 0 Å². The lowest BCUT2D eigenvalue weighted by atomic mass is 9.87. The number of hydrogen-bond acceptors (Lipinski definition) is 1. The average Bonchev–Trinajstić information content (AvgIpc) is 2.80. The van der Waals surface area contributed by atoms with Gasteiger partial charge in [-0.1, -0.05) is 51.5 Å². The maximum atomic E-state index is 2.62. The molecule has 0 spiro atoms. The van der Waals surface area contributed by atoms with E-state index in [1.807, 2.05) is 0 Å². The van der Waals surface area contributed by atoms with Gasteiger partial charge >= 0.3 is 0 Å². The van der Waals surface area contributed by atoms with Crippen LogP contribution in [-0.4, -0.2) is 34.9 Å². The second kappa shape index (κ2) is 6.62. The van der Waals surface area contributed by atoms with Crippen molar-refractivity contribution >= 4 is 6.21 Å². The molecule has 2 nitrogen and oxygen atoms in total. The molecule has 2 aliphatic rings. The summed E-state index contributed by atoms with van der Waals surface area (Å²) in [6.45, 7) is 10.3. The number of fused-ring (bicyclic) bond motifs is 1. The van der Waals surface area contributed by atoms with Crippen LogP contribution in [-0.2, 0) is 12.0 Å². The first-order valence-corrected chi connectivity index (χ1v) is 7.95. The molecule has 0 aromatic heterocycles. The summed E-state index contributed by atoms with van der Waals surface area (Å²) in [6, 6.07) is 9.88. The molecule has 1 aromatic rings. The van der Waals surface area contributed by atoms with E-state index in [2.05, 4.69) is 60.7 Å². The Labute approximate surface area is 139 Å². The van der Waals surface area contributed by atoms with Crippen molar-refractivity contribution in [1.29, 1.82) is 0 Å². The van der Waals surface area contributed by atoms with Gasteiger partial charge in [-0.05, 0) is 23.8 Å². The topological polar surface area (TPSA) is 6.25 Å². The van der Waals surface area contributed by atoms with E-state index in [1.165, 1.54) is 36.9 Å². The van der Waals surface area contributed by atoms with Gasteiger partial charge in [0.15, 0.2) is 19.4 Å². The molecule has 0 aliphatic carbocycles. The summed E-state index contributed by atoms with van der Waals surface area (Å²) >= 11 is 0. The predicted molar refractivity (Wildman–Crippen MR) is 84.4 cm³/mol. The summed E-state index contributed by atoms with van der Waals surface area (Å²) in [5.74, 6) is 0. The lowest BCUT2D eigenvalue weighted by Crippen LogP contribution is -3.00. The smallest absolute Gasteiger partial charge is 0.199 e. The second-order valence-electron chi connectivity index (χ2n) is 7.36. The van der Waals surface area contributed by atoms with Crippen LogP contribution in [0.15, 0.2) is 24.3 Å². The zero-order valence-electron chi connectivity index (χ0n) is 13.5. The van der Waals surface area contributed by atoms with Crippen LogP contribution in [0.4, 0.5) is 0 Å². The summed E-state index contributed by atoms with van der Waals surface area (Å²) in [4.78, 5) is 2.62. The highest BCUT2D eigenvalue weighted by atomic mass is 79.9. The standard InChI is InChI=1S/C18H27N2.BrH/c1-18(2,3)16-9-7-15(8-10-16)12-19-13-17-6-4-5-11-20(17)14-19;/h7-10,13,17H,4-6,11-12,14H2,1-3H3;1H/q+1;/p-1. The summed E-state index contributed by atoms with van der Waals surface area (Å²) in [5.41, 5.74) is 3.09. The van der Waals surface area contributed by atoms with Gasteiger partial charge in [0.25, 0.3) is 0 Å². The monoisotopic (exact) mass is 350 g/mol. The molecule has 0 radical (unpaired) electrons. The van der Waals surface area contributed by atoms with E-state index in [0.717, 1.165) is 13.2 Å². The highest BCUT2D eigenvalue weighted by Crippen LogP contribution is 2.23. The number of piperidine rings is 1. The van der Waals surface area contributed by atoms with E-state index in [-0.39, 0.29) is 22.4 Å². The van der Waals surface area contributed by atoms with Crippen LogP contribution in [0.5, 0.6) is 0 Å². The van der Waals surface area contributed by atoms with Gasteiger partial charge in [0.05, 0.1) is 6.04 Å². The molecule has 0 saturated carbocycles. The summed E-state index contributed by atoms with van der Waals surface area (Å²) in [6.07, 6.45) is 6.57. The van der Waals surface area contributed by atoms with Gasteiger partial charge < -0.3 is 17.0 Å². The van der Waals surface area contributed by atoms with Gasteiger partial charge in [-0.2, -0.15) is 0 Å². The molecule has 0 bridgehead atoms. The molecule has 1 saturated heterocycles. The highest BCUT2D eigenvalue weighted by Gasteiger charge is 2.32. The Morgan fingerprint density at radius 1 is 1.14 bits per heavy atom. The first-order chi connectivity index (χ1) is 9.52. The van der Waals surface area contributed by atoms with Crippen LogP contribution in [0.2, 0.25) is 0 Å². The molecule has 0 N–H and O–H groups in total. The Hall–Kier alpha value is -0.670. The molecule has 3 rings (SSSR count). The van der Waals surface area contributed by atoms with Crippen molar-refractivity contribution in [2.75, 3.05) is 13.2 Å². The Bertz CT molecular complexity index is 499. The van der Waals surface area contributed by atoms with E-state index in [0.29, 0.717) is 6.04 Å². The molecule has 2 aliphatic heterocycles. The van der Waals surface area contributed by atoms with Gasteiger partial charge in [-0.3, -0.25) is 0 Å². The van der Waals surface area contributed by atoms with Gasteiger partial charge in [0.1, 0.15) is 0 Å². The normalized spacial score (nSPS) is 22.4. The highest BCUT2D eigenvalue weighted by molar-refractivity contribution is 5.60. The first kappa shape index (κ1) is 16.7. The minimum Gasteiger partial charge on any atom is -1.00 e. The molecule has 0 amide bonds. The van der Waals surface area contributed by atoms with Crippen LogP contribution in [0, 0.1) is 0 Å². The van der Waals surface area contributed by atoms with Crippen molar-refractivity contribution in [3.8, 4) is 0 Å². The van der Waals surface area contributed by atoms with Crippen LogP contribution in [0.1, 0.15) is 51.2 Å². The second-order valence-corrected chi connectivity index (χ2v) is 7.36. The lowest BCUT2D eigenvalue weighted by Gasteiger charge is -2.24. The predicted octanol–water partition coefficient (Wildman–Crippen LogP) is 0.397. The van der Waals surface area contributed by atoms with Crippen LogP contribution in [0.3, 0.4) is 0 Å². The molecule has 116 valence electrons. The Balaban J connectivity index is 0.00000161. The molecule has 1 atom stereocenters. The average molecular weight is 351 g/mol.